The molecule has 19 heavy (non-hydrogen) atoms. The van der Waals surface area contributed by atoms with Gasteiger partial charge in [-0.1, -0.05) is 20.8 Å². The molecule has 3 nitrogen and oxygen atoms in total. The molecule has 0 radical (unpaired) electrons. The van der Waals surface area contributed by atoms with Crippen LogP contribution in [0.3, 0.4) is 0 Å². The maximum atomic E-state index is 13.5. The zero-order valence-electron chi connectivity index (χ0n) is 11.3. The Morgan fingerprint density at radius 3 is 2.53 bits per heavy atom. The Hall–Kier alpha value is -1.49. The molecule has 0 bridgehead atoms. The number of amides is 1. The van der Waals surface area contributed by atoms with E-state index in [-0.39, 0.29) is 23.6 Å². The molecule has 0 aromatic heterocycles. The number of rotatable bonds is 4. The Labute approximate surface area is 111 Å². The minimum absolute atomic E-state index is 0.0894. The quantitative estimate of drug-likeness (QED) is 0.884. The summed E-state index contributed by atoms with van der Waals surface area (Å²) in [7, 11) is 0. The van der Waals surface area contributed by atoms with Crippen LogP contribution in [0.15, 0.2) is 18.2 Å². The molecule has 1 aromatic rings. The van der Waals surface area contributed by atoms with Gasteiger partial charge in [-0.15, -0.1) is 0 Å². The van der Waals surface area contributed by atoms with Crippen LogP contribution in [-0.4, -0.2) is 23.7 Å². The summed E-state index contributed by atoms with van der Waals surface area (Å²) in [5.41, 5.74) is -0.616. The number of aliphatic hydroxyl groups excluding tert-OH is 1. The molecule has 106 valence electrons. The van der Waals surface area contributed by atoms with E-state index in [0.717, 1.165) is 18.2 Å². The van der Waals surface area contributed by atoms with Gasteiger partial charge in [-0.3, -0.25) is 4.79 Å². The van der Waals surface area contributed by atoms with Gasteiger partial charge in [0.2, 0.25) is 0 Å². The van der Waals surface area contributed by atoms with Gasteiger partial charge in [0.25, 0.3) is 5.91 Å². The van der Waals surface area contributed by atoms with Crippen molar-refractivity contribution in [2.24, 2.45) is 5.41 Å². The Morgan fingerprint density at radius 1 is 1.37 bits per heavy atom. The van der Waals surface area contributed by atoms with Crippen molar-refractivity contribution < 1.29 is 18.7 Å². The van der Waals surface area contributed by atoms with Gasteiger partial charge >= 0.3 is 0 Å². The van der Waals surface area contributed by atoms with Crippen LogP contribution >= 0.6 is 0 Å². The zero-order chi connectivity index (χ0) is 14.6. The van der Waals surface area contributed by atoms with Gasteiger partial charge in [0.15, 0.2) is 0 Å². The lowest BCUT2D eigenvalue weighted by molar-refractivity contribution is 0.0880. The predicted octanol–water partition coefficient (Wildman–Crippen LogP) is 2.49. The van der Waals surface area contributed by atoms with E-state index in [1.165, 1.54) is 0 Å². The first-order valence-electron chi connectivity index (χ1n) is 6.12. The fourth-order valence-corrected chi connectivity index (χ4v) is 1.76. The first-order valence-corrected chi connectivity index (χ1v) is 6.12. The molecule has 1 amide bonds. The van der Waals surface area contributed by atoms with E-state index in [0.29, 0.717) is 6.42 Å². The summed E-state index contributed by atoms with van der Waals surface area (Å²) < 4.78 is 26.5. The van der Waals surface area contributed by atoms with Crippen LogP contribution in [0.25, 0.3) is 0 Å². The Morgan fingerprint density at radius 2 is 2.00 bits per heavy atom. The summed E-state index contributed by atoms with van der Waals surface area (Å²) in [5, 5.41) is 11.6. The molecular formula is C14H19F2NO2. The third kappa shape index (κ3) is 4.28. The maximum absolute atomic E-state index is 13.5. The number of halogens is 2. The third-order valence-electron chi connectivity index (χ3n) is 2.94. The largest absolute Gasteiger partial charge is 0.396 e. The van der Waals surface area contributed by atoms with Crippen molar-refractivity contribution in [3.8, 4) is 0 Å². The van der Waals surface area contributed by atoms with Crippen LogP contribution in [0.4, 0.5) is 8.78 Å². The number of hydrogen-bond acceptors (Lipinski definition) is 2. The van der Waals surface area contributed by atoms with E-state index < -0.39 is 17.5 Å². The number of aliphatic hydroxyl groups is 1. The smallest absolute Gasteiger partial charge is 0.254 e. The second-order valence-corrected chi connectivity index (χ2v) is 5.53. The number of hydrogen-bond donors (Lipinski definition) is 2. The van der Waals surface area contributed by atoms with E-state index in [4.69, 9.17) is 5.11 Å². The van der Waals surface area contributed by atoms with Crippen LogP contribution in [0, 0.1) is 17.0 Å². The lowest BCUT2D eigenvalue weighted by Gasteiger charge is -2.31. The van der Waals surface area contributed by atoms with Crippen LogP contribution in [0.2, 0.25) is 0 Å². The predicted molar refractivity (Wildman–Crippen MR) is 68.8 cm³/mol. The summed E-state index contributed by atoms with van der Waals surface area (Å²) >= 11 is 0. The van der Waals surface area contributed by atoms with Gasteiger partial charge in [0.1, 0.15) is 11.6 Å². The second-order valence-electron chi connectivity index (χ2n) is 5.53. The zero-order valence-corrected chi connectivity index (χ0v) is 11.3. The van der Waals surface area contributed by atoms with Crippen molar-refractivity contribution in [1.29, 1.82) is 0 Å². The highest BCUT2D eigenvalue weighted by Gasteiger charge is 2.27. The van der Waals surface area contributed by atoms with E-state index in [2.05, 4.69) is 5.32 Å². The van der Waals surface area contributed by atoms with Crippen LogP contribution in [-0.2, 0) is 0 Å². The van der Waals surface area contributed by atoms with Gasteiger partial charge < -0.3 is 10.4 Å². The van der Waals surface area contributed by atoms with Gasteiger partial charge in [0.05, 0.1) is 5.56 Å². The fourth-order valence-electron chi connectivity index (χ4n) is 1.76. The first kappa shape index (κ1) is 15.6. The number of carbonyl (C=O) groups excluding carboxylic acids is 1. The summed E-state index contributed by atoms with van der Waals surface area (Å²) in [4.78, 5) is 12.0. The molecule has 0 heterocycles. The molecule has 0 aliphatic rings. The molecule has 0 saturated carbocycles. The van der Waals surface area contributed by atoms with Gasteiger partial charge in [-0.2, -0.15) is 0 Å². The Bertz CT molecular complexity index is 455. The van der Waals surface area contributed by atoms with E-state index >= 15 is 0 Å². The van der Waals surface area contributed by atoms with E-state index in [1.54, 1.807) is 0 Å². The first-order chi connectivity index (χ1) is 8.75. The van der Waals surface area contributed by atoms with Crippen molar-refractivity contribution in [2.75, 3.05) is 6.61 Å². The highest BCUT2D eigenvalue weighted by Crippen LogP contribution is 2.22. The van der Waals surface area contributed by atoms with Crippen molar-refractivity contribution >= 4 is 5.91 Å². The SMILES string of the molecule is CC(C)(C)[C@H](CCO)NC(=O)c1cc(F)ccc1F. The van der Waals surface area contributed by atoms with Gasteiger partial charge in [-0.25, -0.2) is 8.78 Å². The summed E-state index contributed by atoms with van der Waals surface area (Å²) in [6.45, 7) is 5.61. The molecule has 1 atom stereocenters. The lowest BCUT2D eigenvalue weighted by atomic mass is 9.84. The molecule has 2 N–H and O–H groups in total. The third-order valence-corrected chi connectivity index (χ3v) is 2.94. The molecule has 0 aliphatic heterocycles. The van der Waals surface area contributed by atoms with Crippen molar-refractivity contribution in [2.45, 2.75) is 33.2 Å². The molecule has 0 saturated heterocycles. The Kier molecular flexibility index (Phi) is 5.00. The molecule has 0 unspecified atom stereocenters. The standard InChI is InChI=1S/C14H19F2NO2/c1-14(2,3)12(6-7-18)17-13(19)10-8-9(15)4-5-11(10)16/h4-5,8,12,18H,6-7H2,1-3H3,(H,17,19)/t12-/m0/s1. The number of benzene rings is 1. The fraction of sp³-hybridized carbons (Fsp3) is 0.500. The summed E-state index contributed by atoms with van der Waals surface area (Å²) in [5.74, 6) is -2.11. The number of carbonyl (C=O) groups is 1. The van der Waals surface area contributed by atoms with Crippen LogP contribution in [0.5, 0.6) is 0 Å². The monoisotopic (exact) mass is 271 g/mol. The molecule has 0 spiro atoms. The van der Waals surface area contributed by atoms with Crippen LogP contribution in [0.1, 0.15) is 37.6 Å². The average Bonchev–Trinajstić information content (AvgIpc) is 2.30. The van der Waals surface area contributed by atoms with Crippen molar-refractivity contribution in [3.63, 3.8) is 0 Å². The molecule has 1 aromatic carbocycles. The minimum atomic E-state index is -0.768. The van der Waals surface area contributed by atoms with Crippen molar-refractivity contribution in [1.82, 2.24) is 5.32 Å². The number of nitrogens with one attached hydrogen (secondary N) is 1. The topological polar surface area (TPSA) is 49.3 Å². The normalized spacial score (nSPS) is 13.2. The maximum Gasteiger partial charge on any atom is 0.254 e. The van der Waals surface area contributed by atoms with Crippen LogP contribution < -0.4 is 5.32 Å². The molecule has 5 heteroatoms. The molecular weight excluding hydrogens is 252 g/mol. The minimum Gasteiger partial charge on any atom is -0.396 e. The highest BCUT2D eigenvalue weighted by atomic mass is 19.1. The van der Waals surface area contributed by atoms with E-state index in [9.17, 15) is 13.6 Å². The molecule has 0 fully saturated rings. The van der Waals surface area contributed by atoms with Gasteiger partial charge in [0, 0.05) is 12.6 Å². The highest BCUT2D eigenvalue weighted by molar-refractivity contribution is 5.94. The summed E-state index contributed by atoms with van der Waals surface area (Å²) in [6.07, 6.45) is 0.353. The molecule has 0 aliphatic carbocycles. The van der Waals surface area contributed by atoms with E-state index in [1.807, 2.05) is 20.8 Å². The lowest BCUT2D eigenvalue weighted by Crippen LogP contribution is -2.44. The second kappa shape index (κ2) is 6.10. The Balaban J connectivity index is 2.91. The van der Waals surface area contributed by atoms with Gasteiger partial charge in [-0.05, 0) is 30.0 Å². The summed E-state index contributed by atoms with van der Waals surface area (Å²) in [6, 6.07) is 2.42. The average molecular weight is 271 g/mol. The molecule has 1 rings (SSSR count). The van der Waals surface area contributed by atoms with Crippen molar-refractivity contribution in [3.05, 3.63) is 35.4 Å².